The van der Waals surface area contributed by atoms with Crippen LogP contribution in [-0.2, 0) is 4.18 Å². The van der Waals surface area contributed by atoms with Gasteiger partial charge >= 0.3 is 0 Å². The van der Waals surface area contributed by atoms with Crippen molar-refractivity contribution in [3.05, 3.63) is 0 Å². The first-order chi connectivity index (χ1) is 5.63. The van der Waals surface area contributed by atoms with Crippen molar-refractivity contribution in [2.24, 2.45) is 0 Å². The molecule has 0 spiro atoms. The first-order valence-electron chi connectivity index (χ1n) is 3.48. The van der Waals surface area contributed by atoms with E-state index < -0.39 is 12.2 Å². The normalized spacial score (nSPS) is 14.5. The Hall–Kier alpha value is 0.930. The molecule has 76 valence electrons. The topological polar surface area (TPSA) is 49.7 Å². The number of aliphatic hydroxyl groups is 2. The molecule has 0 aliphatic carbocycles. The van der Waals surface area contributed by atoms with Crippen molar-refractivity contribution in [1.82, 2.24) is 0 Å². The third-order valence-electron chi connectivity index (χ3n) is 0.947. The van der Waals surface area contributed by atoms with Gasteiger partial charge < -0.3 is 14.4 Å². The molecule has 0 amide bonds. The molecule has 0 aliphatic rings. The molecule has 2 atom stereocenters. The molecule has 2 N–H and O–H groups in total. The number of hydrogen-bond acceptors (Lipinski definition) is 6. The molecule has 0 aromatic rings. The maximum atomic E-state index is 8.75. The van der Waals surface area contributed by atoms with Crippen molar-refractivity contribution in [2.45, 2.75) is 19.1 Å². The Kier molecular flexibility index (Phi) is 15.3. The van der Waals surface area contributed by atoms with Crippen LogP contribution in [0.3, 0.4) is 0 Å². The lowest BCUT2D eigenvalue weighted by Crippen LogP contribution is -2.28. The zero-order valence-corrected chi connectivity index (χ0v) is 9.60. The van der Waals surface area contributed by atoms with E-state index in [2.05, 4.69) is 42.4 Å². The Bertz CT molecular complexity index is 74.4. The average molecular weight is 232 g/mol. The fourth-order valence-corrected chi connectivity index (χ4v) is 0.730. The van der Waals surface area contributed by atoms with E-state index in [0.717, 1.165) is 0 Å². The van der Waals surface area contributed by atoms with Crippen LogP contribution in [0, 0.1) is 0 Å². The maximum absolute atomic E-state index is 8.75. The Morgan fingerprint density at radius 3 is 1.50 bits per heavy atom. The van der Waals surface area contributed by atoms with Gasteiger partial charge in [-0.15, -0.1) is 0 Å². The van der Waals surface area contributed by atoms with Crippen molar-refractivity contribution >= 4 is 38.2 Å². The van der Waals surface area contributed by atoms with E-state index in [1.54, 1.807) is 0 Å². The zero-order chi connectivity index (χ0) is 9.98. The molecule has 6 heteroatoms. The summed E-state index contributed by atoms with van der Waals surface area (Å²) < 4.78 is 4.24. The Balaban J connectivity index is 0. The monoisotopic (exact) mass is 232 g/mol. The lowest BCUT2D eigenvalue weighted by Gasteiger charge is -2.11. The highest BCUT2D eigenvalue weighted by atomic mass is 32.1. The average Bonchev–Trinajstić information content (AvgIpc) is 2.15. The fourth-order valence-electron chi connectivity index (χ4n) is 0.243. The first kappa shape index (κ1) is 15.4. The van der Waals surface area contributed by atoms with Crippen molar-refractivity contribution in [1.29, 1.82) is 0 Å². The summed E-state index contributed by atoms with van der Waals surface area (Å²) in [5.41, 5.74) is 0. The van der Waals surface area contributed by atoms with Gasteiger partial charge in [0.15, 0.2) is 0 Å². The highest BCUT2D eigenvalue weighted by Gasteiger charge is 2.10. The van der Waals surface area contributed by atoms with Gasteiger partial charge in [0.05, 0.1) is 18.8 Å². The van der Waals surface area contributed by atoms with Crippen LogP contribution in [0.5, 0.6) is 0 Å². The van der Waals surface area contributed by atoms with Crippen molar-refractivity contribution in [2.75, 3.05) is 18.1 Å². The van der Waals surface area contributed by atoms with E-state index in [0.29, 0.717) is 6.61 Å². The number of hydrogen-bond donors (Lipinski definition) is 5. The third kappa shape index (κ3) is 10.9. The van der Waals surface area contributed by atoms with Gasteiger partial charge in [0.2, 0.25) is 0 Å². The van der Waals surface area contributed by atoms with Gasteiger partial charge in [-0.2, -0.15) is 25.3 Å². The van der Waals surface area contributed by atoms with Crippen molar-refractivity contribution < 1.29 is 14.4 Å². The van der Waals surface area contributed by atoms with Gasteiger partial charge in [-0.25, -0.2) is 0 Å². The minimum atomic E-state index is -0.740. The van der Waals surface area contributed by atoms with Crippen LogP contribution in [0.25, 0.3) is 0 Å². The van der Waals surface area contributed by atoms with Crippen LogP contribution >= 0.6 is 38.2 Å². The van der Waals surface area contributed by atoms with Gasteiger partial charge in [-0.05, 0) is 19.8 Å². The molecule has 0 saturated carbocycles. The van der Waals surface area contributed by atoms with Crippen LogP contribution in [0.2, 0.25) is 0 Å². The molecule has 0 fully saturated rings. The van der Waals surface area contributed by atoms with E-state index >= 15 is 0 Å². The molecule has 0 rings (SSSR count). The van der Waals surface area contributed by atoms with E-state index in [-0.39, 0.29) is 11.5 Å². The molecular formula is C6H16O3S3. The van der Waals surface area contributed by atoms with Crippen LogP contribution in [0.1, 0.15) is 6.92 Å². The number of aliphatic hydroxyl groups excluding tert-OH is 2. The molecule has 0 heterocycles. The molecule has 0 saturated heterocycles. The molecule has 3 nitrogen and oxygen atoms in total. The summed E-state index contributed by atoms with van der Waals surface area (Å²) in [5, 5.41) is 17.5. The summed E-state index contributed by atoms with van der Waals surface area (Å²) in [5.74, 6) is 0.559. The summed E-state index contributed by atoms with van der Waals surface area (Å²) in [7, 11) is 0. The predicted molar refractivity (Wildman–Crippen MR) is 60.3 cm³/mol. The van der Waals surface area contributed by atoms with Gasteiger partial charge in [0, 0.05) is 11.5 Å². The summed E-state index contributed by atoms with van der Waals surface area (Å²) >= 11 is 11.0. The van der Waals surface area contributed by atoms with Crippen LogP contribution in [0.4, 0.5) is 0 Å². The van der Waals surface area contributed by atoms with Crippen molar-refractivity contribution in [3.8, 4) is 0 Å². The SMILES string of the molecule is CCOS.O[C@H](CS)[C@H](O)CS. The Labute approximate surface area is 89.9 Å². The Morgan fingerprint density at radius 1 is 1.17 bits per heavy atom. The van der Waals surface area contributed by atoms with Crippen LogP contribution < -0.4 is 0 Å². The maximum Gasteiger partial charge on any atom is 0.0894 e. The quantitative estimate of drug-likeness (QED) is 0.361. The molecule has 0 aromatic carbocycles. The van der Waals surface area contributed by atoms with E-state index in [4.69, 9.17) is 10.2 Å². The van der Waals surface area contributed by atoms with Crippen LogP contribution in [0.15, 0.2) is 0 Å². The van der Waals surface area contributed by atoms with Crippen LogP contribution in [-0.4, -0.2) is 40.5 Å². The van der Waals surface area contributed by atoms with E-state index in [1.807, 2.05) is 6.92 Å². The summed E-state index contributed by atoms with van der Waals surface area (Å²) in [6, 6.07) is 0. The molecule has 0 unspecified atom stereocenters. The summed E-state index contributed by atoms with van der Waals surface area (Å²) in [6.45, 7) is 2.57. The third-order valence-corrected chi connectivity index (χ3v) is 1.95. The Morgan fingerprint density at radius 2 is 1.42 bits per heavy atom. The number of thiol groups is 3. The minimum Gasteiger partial charge on any atom is -0.390 e. The summed E-state index contributed by atoms with van der Waals surface area (Å²) in [4.78, 5) is 0. The lowest BCUT2D eigenvalue weighted by atomic mass is 10.3. The second-order valence-corrected chi connectivity index (χ2v) is 2.91. The van der Waals surface area contributed by atoms with E-state index in [9.17, 15) is 0 Å². The fraction of sp³-hybridized carbons (Fsp3) is 1.00. The van der Waals surface area contributed by atoms with Gasteiger partial charge in [-0.3, -0.25) is 0 Å². The molecular weight excluding hydrogens is 216 g/mol. The molecule has 0 radical (unpaired) electrons. The van der Waals surface area contributed by atoms with Gasteiger partial charge in [-0.1, -0.05) is 0 Å². The summed E-state index contributed by atoms with van der Waals surface area (Å²) in [6.07, 6.45) is -1.48. The lowest BCUT2D eigenvalue weighted by molar-refractivity contribution is 0.0504. The smallest absolute Gasteiger partial charge is 0.0894 e. The van der Waals surface area contributed by atoms with Crippen molar-refractivity contribution in [3.63, 3.8) is 0 Å². The standard InChI is InChI=1S/C4H10O2S2.C2H6OS/c5-3(1-7)4(6)2-8;1-2-3-4/h3-8H,1-2H2;4H,2H2,1H3/t3-,4-;/m1./s1. The predicted octanol–water partition coefficient (Wildman–Crippen LogP) is 0.435. The largest absolute Gasteiger partial charge is 0.390 e. The zero-order valence-electron chi connectivity index (χ0n) is 6.92. The molecule has 0 aliphatic heterocycles. The second-order valence-electron chi connectivity index (χ2n) is 1.92. The molecule has 12 heavy (non-hydrogen) atoms. The first-order valence-corrected chi connectivity index (χ1v) is 5.11. The highest BCUT2D eigenvalue weighted by molar-refractivity contribution is 7.80. The molecule has 0 aromatic heterocycles. The van der Waals surface area contributed by atoms with E-state index in [1.165, 1.54) is 0 Å². The van der Waals surface area contributed by atoms with Gasteiger partial charge in [0.25, 0.3) is 0 Å². The highest BCUT2D eigenvalue weighted by Crippen LogP contribution is 1.96. The molecule has 0 bridgehead atoms. The number of rotatable bonds is 4. The minimum absolute atomic E-state index is 0.279. The van der Waals surface area contributed by atoms with Gasteiger partial charge in [0.1, 0.15) is 0 Å². The second kappa shape index (κ2) is 11.9.